The van der Waals surface area contributed by atoms with Crippen molar-refractivity contribution in [3.8, 4) is 11.3 Å². The van der Waals surface area contributed by atoms with Crippen LogP contribution in [0.4, 0.5) is 5.82 Å². The summed E-state index contributed by atoms with van der Waals surface area (Å²) in [6, 6.07) is 15.9. The van der Waals surface area contributed by atoms with Crippen molar-refractivity contribution in [2.45, 2.75) is 0 Å². The topological polar surface area (TPSA) is 109 Å². The van der Waals surface area contributed by atoms with E-state index in [-0.39, 0.29) is 13.1 Å². The minimum atomic E-state index is -0.459. The van der Waals surface area contributed by atoms with E-state index in [0.717, 1.165) is 15.9 Å². The number of nitrogens with one attached hydrogen (secondary N) is 2. The number of halogens is 1. The van der Waals surface area contributed by atoms with Crippen LogP contribution in [0.3, 0.4) is 0 Å². The van der Waals surface area contributed by atoms with Crippen LogP contribution < -0.4 is 16.1 Å². The smallest absolute Gasteiger partial charge is 0.262 e. The molecule has 11 heteroatoms. The van der Waals surface area contributed by atoms with Crippen LogP contribution in [0.2, 0.25) is 5.02 Å². The lowest BCUT2D eigenvalue weighted by atomic mass is 10.0. The van der Waals surface area contributed by atoms with Gasteiger partial charge in [-0.25, -0.2) is 4.98 Å². The second-order valence-corrected chi connectivity index (χ2v) is 8.50. The Morgan fingerprint density at radius 1 is 0.971 bits per heavy atom. The summed E-state index contributed by atoms with van der Waals surface area (Å²) < 4.78 is 1.69. The first-order valence-electron chi connectivity index (χ1n) is 11.0. The van der Waals surface area contributed by atoms with Crippen molar-refractivity contribution in [3.63, 3.8) is 0 Å². The van der Waals surface area contributed by atoms with E-state index in [0.29, 0.717) is 39.9 Å². The minimum Gasteiger partial charge on any atom is -0.368 e. The van der Waals surface area contributed by atoms with Gasteiger partial charge in [-0.1, -0.05) is 41.9 Å². The molecule has 0 bridgehead atoms. The fourth-order valence-electron chi connectivity index (χ4n) is 3.98. The number of aromatic nitrogens is 3. The van der Waals surface area contributed by atoms with Crippen molar-refractivity contribution in [3.05, 3.63) is 76.9 Å². The molecular weight excluding hydrogens is 467 g/mol. The molecule has 0 atom stereocenters. The van der Waals surface area contributed by atoms with Gasteiger partial charge in [0.2, 0.25) is 5.91 Å². The summed E-state index contributed by atoms with van der Waals surface area (Å²) in [6.07, 6.45) is 1.73. The number of imide groups is 1. The molecule has 1 aliphatic heterocycles. The molecule has 0 radical (unpaired) electrons. The van der Waals surface area contributed by atoms with Crippen molar-refractivity contribution < 1.29 is 14.4 Å². The molecule has 0 fully saturated rings. The molecule has 1 aliphatic rings. The molecular formula is C24H20BClN6O3. The highest BCUT2D eigenvalue weighted by molar-refractivity contribution is 6.36. The number of carbonyl (C=O) groups is 3. The molecule has 9 nitrogen and oxygen atoms in total. The third kappa shape index (κ3) is 4.24. The number of nitrogens with zero attached hydrogens (tertiary/aromatic N) is 4. The van der Waals surface area contributed by atoms with Crippen molar-refractivity contribution in [1.82, 2.24) is 24.8 Å². The van der Waals surface area contributed by atoms with Gasteiger partial charge in [0.15, 0.2) is 5.65 Å². The van der Waals surface area contributed by atoms with Crippen molar-refractivity contribution in [1.29, 1.82) is 0 Å². The number of amides is 3. The third-order valence-corrected chi connectivity index (χ3v) is 6.06. The average molecular weight is 487 g/mol. The van der Waals surface area contributed by atoms with Gasteiger partial charge >= 0.3 is 0 Å². The minimum absolute atomic E-state index is 0.271. The summed E-state index contributed by atoms with van der Waals surface area (Å²) >= 11 is 6.38. The maximum Gasteiger partial charge on any atom is 0.262 e. The zero-order chi connectivity index (χ0) is 24.5. The van der Waals surface area contributed by atoms with E-state index in [1.54, 1.807) is 35.0 Å². The van der Waals surface area contributed by atoms with Crippen LogP contribution in [-0.2, 0) is 4.79 Å². The van der Waals surface area contributed by atoms with E-state index in [9.17, 15) is 14.4 Å². The van der Waals surface area contributed by atoms with E-state index in [4.69, 9.17) is 16.6 Å². The Labute approximate surface area is 206 Å². The predicted octanol–water partition coefficient (Wildman–Crippen LogP) is 1.13. The Morgan fingerprint density at radius 2 is 1.63 bits per heavy atom. The van der Waals surface area contributed by atoms with Gasteiger partial charge in [0.25, 0.3) is 11.8 Å². The number of carbonyl (C=O) groups excluding carboxylic acids is 3. The third-order valence-electron chi connectivity index (χ3n) is 5.73. The van der Waals surface area contributed by atoms with E-state index < -0.39 is 17.7 Å². The van der Waals surface area contributed by atoms with E-state index >= 15 is 0 Å². The van der Waals surface area contributed by atoms with Gasteiger partial charge < -0.3 is 10.6 Å². The maximum atomic E-state index is 12.4. The number of hydrogen-bond acceptors (Lipinski definition) is 6. The molecule has 0 saturated heterocycles. The Morgan fingerprint density at radius 3 is 2.31 bits per heavy atom. The molecule has 2 aromatic carbocycles. The van der Waals surface area contributed by atoms with Crippen LogP contribution in [0.25, 0.3) is 16.9 Å². The molecule has 2 aromatic heterocycles. The van der Waals surface area contributed by atoms with Crippen molar-refractivity contribution in [2.24, 2.45) is 0 Å². The van der Waals surface area contributed by atoms with Gasteiger partial charge in [0.1, 0.15) is 20.2 Å². The summed E-state index contributed by atoms with van der Waals surface area (Å²) in [5.41, 5.74) is 3.74. The fourth-order valence-corrected chi connectivity index (χ4v) is 4.21. The lowest BCUT2D eigenvalue weighted by Gasteiger charge is -2.14. The standard InChI is InChI=1S/C24H20BClN6O3/c25-17-12-29-32-20(11-19(30-22(17)32)16-7-3-4-8-18(16)26)27-9-10-28-21(33)13-31-23(34)14-5-1-2-6-15(14)24(31)35/h1-8,11-12,27H,9-10,13,25H2,(H,28,33). The summed E-state index contributed by atoms with van der Waals surface area (Å²) in [7, 11) is 1.93. The average Bonchev–Trinajstić information content (AvgIpc) is 3.35. The van der Waals surface area contributed by atoms with Crippen LogP contribution in [0.15, 0.2) is 60.8 Å². The monoisotopic (exact) mass is 486 g/mol. The number of benzene rings is 2. The molecule has 174 valence electrons. The number of fused-ring (bicyclic) bond motifs is 2. The van der Waals surface area contributed by atoms with Crippen molar-refractivity contribution in [2.75, 3.05) is 25.0 Å². The Hall–Kier alpha value is -4.18. The number of anilines is 1. The molecule has 0 saturated carbocycles. The molecule has 2 N–H and O–H groups in total. The summed E-state index contributed by atoms with van der Waals surface area (Å²) in [5.74, 6) is -0.654. The fraction of sp³-hybridized carbons (Fsp3) is 0.125. The molecule has 3 heterocycles. The van der Waals surface area contributed by atoms with Crippen LogP contribution >= 0.6 is 11.6 Å². The second kappa shape index (κ2) is 9.23. The lowest BCUT2D eigenvalue weighted by molar-refractivity contribution is -0.121. The molecule has 5 rings (SSSR count). The number of hydrogen-bond donors (Lipinski definition) is 2. The van der Waals surface area contributed by atoms with Crippen molar-refractivity contribution >= 4 is 54.1 Å². The first-order valence-corrected chi connectivity index (χ1v) is 11.4. The Kier molecular flexibility index (Phi) is 5.96. The largest absolute Gasteiger partial charge is 0.368 e. The normalized spacial score (nSPS) is 12.8. The van der Waals surface area contributed by atoms with E-state index in [1.165, 1.54) is 0 Å². The van der Waals surface area contributed by atoms with Gasteiger partial charge in [-0.15, -0.1) is 0 Å². The molecule has 0 unspecified atom stereocenters. The van der Waals surface area contributed by atoms with Crippen LogP contribution in [0.1, 0.15) is 20.7 Å². The zero-order valence-electron chi connectivity index (χ0n) is 18.8. The molecule has 3 amide bonds. The highest BCUT2D eigenvalue weighted by atomic mass is 35.5. The van der Waals surface area contributed by atoms with Crippen LogP contribution in [0.5, 0.6) is 0 Å². The first kappa shape index (κ1) is 22.6. The lowest BCUT2D eigenvalue weighted by Crippen LogP contribution is -2.41. The zero-order valence-corrected chi connectivity index (χ0v) is 19.5. The molecule has 0 aliphatic carbocycles. The predicted molar refractivity (Wildman–Crippen MR) is 135 cm³/mol. The summed E-state index contributed by atoms with van der Waals surface area (Å²) in [6.45, 7) is 0.322. The van der Waals surface area contributed by atoms with Crippen LogP contribution in [0, 0.1) is 0 Å². The van der Waals surface area contributed by atoms with Gasteiger partial charge in [-0.2, -0.15) is 9.61 Å². The molecule has 35 heavy (non-hydrogen) atoms. The van der Waals surface area contributed by atoms with E-state index in [2.05, 4.69) is 15.7 Å². The maximum absolute atomic E-state index is 12.4. The highest BCUT2D eigenvalue weighted by Gasteiger charge is 2.36. The van der Waals surface area contributed by atoms with Gasteiger partial charge in [0.05, 0.1) is 16.8 Å². The van der Waals surface area contributed by atoms with Gasteiger partial charge in [-0.3, -0.25) is 19.3 Å². The summed E-state index contributed by atoms with van der Waals surface area (Å²) in [4.78, 5) is 43.0. The molecule has 4 aromatic rings. The summed E-state index contributed by atoms with van der Waals surface area (Å²) in [5, 5.41) is 11.0. The Balaban J connectivity index is 1.24. The first-order chi connectivity index (χ1) is 16.9. The van der Waals surface area contributed by atoms with E-state index in [1.807, 2.05) is 38.2 Å². The van der Waals surface area contributed by atoms with Gasteiger partial charge in [0, 0.05) is 35.9 Å². The highest BCUT2D eigenvalue weighted by Crippen LogP contribution is 2.28. The quantitative estimate of drug-likeness (QED) is 0.230. The van der Waals surface area contributed by atoms with Crippen LogP contribution in [-0.4, -0.2) is 64.7 Å². The second-order valence-electron chi connectivity index (χ2n) is 8.09. The number of rotatable bonds is 7. The SMILES string of the molecule is Bc1cnn2c(NCCNC(=O)CN3C(=O)c4ccccc4C3=O)cc(-c3ccccc3Cl)nc12. The Bertz CT molecular complexity index is 1450. The van der Waals surface area contributed by atoms with Gasteiger partial charge in [-0.05, 0) is 23.7 Å². The molecule has 0 spiro atoms.